The van der Waals surface area contributed by atoms with Crippen LogP contribution in [-0.4, -0.2) is 71.1 Å². The molecule has 3 aromatic rings. The minimum absolute atomic E-state index is 0.0701. The van der Waals surface area contributed by atoms with Crippen molar-refractivity contribution in [3.05, 3.63) is 64.0 Å². The number of piperidine rings is 1. The number of para-hydroxylation sites is 1. The van der Waals surface area contributed by atoms with Gasteiger partial charge in [0.15, 0.2) is 0 Å². The zero-order valence-corrected chi connectivity index (χ0v) is 21.7. The Hall–Kier alpha value is -2.98. The van der Waals surface area contributed by atoms with Gasteiger partial charge in [-0.25, -0.2) is 0 Å². The van der Waals surface area contributed by atoms with Gasteiger partial charge in [-0.2, -0.15) is 4.98 Å². The number of benzene rings is 2. The summed E-state index contributed by atoms with van der Waals surface area (Å²) in [6.45, 7) is 4.07. The van der Waals surface area contributed by atoms with Crippen molar-refractivity contribution < 1.29 is 18.8 Å². The number of anilines is 1. The van der Waals surface area contributed by atoms with Crippen molar-refractivity contribution in [2.75, 3.05) is 44.7 Å². The summed E-state index contributed by atoms with van der Waals surface area (Å²) in [6.07, 6.45) is 1.38. The molecule has 37 heavy (non-hydrogen) atoms. The maximum Gasteiger partial charge on any atom is 0.256 e. The Balaban J connectivity index is 1.15. The average molecular weight is 544 g/mol. The summed E-state index contributed by atoms with van der Waals surface area (Å²) in [4.78, 5) is 34.5. The van der Waals surface area contributed by atoms with Crippen molar-refractivity contribution in [3.8, 4) is 11.4 Å². The smallest absolute Gasteiger partial charge is 0.256 e. The van der Waals surface area contributed by atoms with Crippen molar-refractivity contribution in [3.63, 3.8) is 0 Å². The Labute approximate surface area is 224 Å². The number of halogens is 2. The van der Waals surface area contributed by atoms with Crippen LogP contribution in [0.3, 0.4) is 0 Å². The van der Waals surface area contributed by atoms with E-state index in [4.69, 9.17) is 32.5 Å². The topological polar surface area (TPSA) is 101 Å². The van der Waals surface area contributed by atoms with Crippen LogP contribution in [0.5, 0.6) is 0 Å². The molecule has 2 saturated heterocycles. The maximum atomic E-state index is 13.1. The number of likely N-dealkylation sites (tertiary alicyclic amines) is 1. The molecule has 1 N–H and O–H groups in total. The highest BCUT2D eigenvalue weighted by molar-refractivity contribution is 6.36. The zero-order chi connectivity index (χ0) is 25.8. The molecule has 0 spiro atoms. The number of ether oxygens (including phenoxy) is 1. The summed E-state index contributed by atoms with van der Waals surface area (Å²) in [7, 11) is 0. The van der Waals surface area contributed by atoms with Gasteiger partial charge in [0.1, 0.15) is 0 Å². The van der Waals surface area contributed by atoms with Gasteiger partial charge in [0, 0.05) is 29.6 Å². The lowest BCUT2D eigenvalue weighted by molar-refractivity contribution is -0.121. The number of hydrogen-bond donors (Lipinski definition) is 1. The van der Waals surface area contributed by atoms with Gasteiger partial charge in [0.05, 0.1) is 36.0 Å². The fourth-order valence-electron chi connectivity index (χ4n) is 4.59. The summed E-state index contributed by atoms with van der Waals surface area (Å²) in [5.41, 5.74) is 1.71. The van der Waals surface area contributed by atoms with E-state index in [0.717, 1.165) is 0 Å². The number of hydrogen-bond acceptors (Lipinski definition) is 7. The molecule has 9 nitrogen and oxygen atoms in total. The fraction of sp³-hybridized carbons (Fsp3) is 0.385. The van der Waals surface area contributed by atoms with Gasteiger partial charge in [-0.05, 0) is 56.3 Å². The molecule has 2 amide bonds. The second kappa shape index (κ2) is 11.6. The molecule has 2 aliphatic heterocycles. The van der Waals surface area contributed by atoms with E-state index < -0.39 is 0 Å². The summed E-state index contributed by atoms with van der Waals surface area (Å²) >= 11 is 12.2. The number of aromatic nitrogens is 2. The second-order valence-corrected chi connectivity index (χ2v) is 9.97. The molecule has 0 atom stereocenters. The van der Waals surface area contributed by atoms with E-state index in [1.807, 2.05) is 12.1 Å². The van der Waals surface area contributed by atoms with Crippen molar-refractivity contribution >= 4 is 40.7 Å². The molecule has 0 aliphatic carbocycles. The highest BCUT2D eigenvalue weighted by atomic mass is 35.5. The molecular formula is C26H27Cl2N5O4. The first-order valence-corrected chi connectivity index (χ1v) is 13.0. The molecule has 5 rings (SSSR count). The molecule has 0 bridgehead atoms. The third-order valence-corrected chi connectivity index (χ3v) is 7.22. The molecule has 0 unspecified atom stereocenters. The molecule has 0 saturated carbocycles. The molecular weight excluding hydrogens is 517 g/mol. The Bertz CT molecular complexity index is 1270. The van der Waals surface area contributed by atoms with Gasteiger partial charge in [-0.3, -0.25) is 14.5 Å². The summed E-state index contributed by atoms with van der Waals surface area (Å²) in [6, 6.07) is 12.3. The number of carbonyl (C=O) groups excluding carboxylic acids is 2. The van der Waals surface area contributed by atoms with Crippen molar-refractivity contribution in [1.29, 1.82) is 0 Å². The monoisotopic (exact) mass is 543 g/mol. The lowest BCUT2D eigenvalue weighted by atomic mass is 9.95. The Morgan fingerprint density at radius 2 is 1.78 bits per heavy atom. The number of morpholine rings is 1. The summed E-state index contributed by atoms with van der Waals surface area (Å²) in [5, 5.41) is 8.04. The minimum atomic E-state index is -0.145. The third kappa shape index (κ3) is 6.13. The number of nitrogens with zero attached hydrogens (tertiary/aromatic N) is 4. The highest BCUT2D eigenvalue weighted by Gasteiger charge is 2.28. The van der Waals surface area contributed by atoms with E-state index in [9.17, 15) is 9.59 Å². The van der Waals surface area contributed by atoms with E-state index in [1.54, 1.807) is 35.2 Å². The SMILES string of the molecule is O=C(Nc1ccccc1C(=O)N1CCOCC1)C1CCN(Cc2nc(-c3ccc(Cl)cc3Cl)no2)CC1. The minimum Gasteiger partial charge on any atom is -0.378 e. The zero-order valence-electron chi connectivity index (χ0n) is 20.2. The molecule has 11 heteroatoms. The van der Waals surface area contributed by atoms with Crippen molar-refractivity contribution in [2.24, 2.45) is 5.92 Å². The molecule has 1 aromatic heterocycles. The first-order chi connectivity index (χ1) is 18.0. The van der Waals surface area contributed by atoms with Gasteiger partial charge in [-0.1, -0.05) is 40.5 Å². The number of amides is 2. The first-order valence-electron chi connectivity index (χ1n) is 12.2. The van der Waals surface area contributed by atoms with Crippen LogP contribution in [0.1, 0.15) is 29.1 Å². The van der Waals surface area contributed by atoms with Crippen LogP contribution >= 0.6 is 23.2 Å². The van der Waals surface area contributed by atoms with Crippen LogP contribution in [0.25, 0.3) is 11.4 Å². The Kier molecular flexibility index (Phi) is 8.05. The van der Waals surface area contributed by atoms with Crippen molar-refractivity contribution in [1.82, 2.24) is 19.9 Å². The van der Waals surface area contributed by atoms with Crippen LogP contribution in [0.15, 0.2) is 47.0 Å². The van der Waals surface area contributed by atoms with Gasteiger partial charge in [0.25, 0.3) is 5.91 Å². The third-order valence-electron chi connectivity index (χ3n) is 6.67. The Morgan fingerprint density at radius 1 is 1.03 bits per heavy atom. The summed E-state index contributed by atoms with van der Waals surface area (Å²) in [5.74, 6) is 0.594. The normalized spacial score (nSPS) is 17.1. The lowest BCUT2D eigenvalue weighted by Crippen LogP contribution is -2.41. The van der Waals surface area contributed by atoms with Crippen molar-refractivity contribution in [2.45, 2.75) is 19.4 Å². The molecule has 0 radical (unpaired) electrons. The first kappa shape index (κ1) is 25.7. The molecule has 194 valence electrons. The second-order valence-electron chi connectivity index (χ2n) is 9.13. The molecule has 2 fully saturated rings. The van der Waals surface area contributed by atoms with Crippen LogP contribution in [0.4, 0.5) is 5.69 Å². The highest BCUT2D eigenvalue weighted by Crippen LogP contribution is 2.29. The van der Waals surface area contributed by atoms with Gasteiger partial charge < -0.3 is 19.5 Å². The molecule has 2 aromatic carbocycles. The standard InChI is InChI=1S/C26H27Cl2N5O4/c27-18-5-6-19(21(28)15-18)24-30-23(37-31-24)16-32-9-7-17(8-10-32)25(34)29-22-4-2-1-3-20(22)26(35)33-11-13-36-14-12-33/h1-6,15,17H,7-14,16H2,(H,29,34). The van der Waals surface area contributed by atoms with Gasteiger partial charge in [0.2, 0.25) is 17.6 Å². The van der Waals surface area contributed by atoms with Crippen LogP contribution in [0, 0.1) is 5.92 Å². The van der Waals surface area contributed by atoms with E-state index in [1.165, 1.54) is 0 Å². The van der Waals surface area contributed by atoms with E-state index in [-0.39, 0.29) is 17.7 Å². The Morgan fingerprint density at radius 3 is 2.54 bits per heavy atom. The maximum absolute atomic E-state index is 13.1. The van der Waals surface area contributed by atoms with Gasteiger partial charge >= 0.3 is 0 Å². The molecule has 2 aliphatic rings. The quantitative estimate of drug-likeness (QED) is 0.492. The molecule has 3 heterocycles. The average Bonchev–Trinajstić information content (AvgIpc) is 3.37. The predicted octanol–water partition coefficient (Wildman–Crippen LogP) is 4.37. The summed E-state index contributed by atoms with van der Waals surface area (Å²) < 4.78 is 10.8. The largest absolute Gasteiger partial charge is 0.378 e. The fourth-order valence-corrected chi connectivity index (χ4v) is 5.09. The van der Waals surface area contributed by atoms with Gasteiger partial charge in [-0.15, -0.1) is 0 Å². The number of nitrogens with one attached hydrogen (secondary N) is 1. The lowest BCUT2D eigenvalue weighted by Gasteiger charge is -2.30. The van der Waals surface area contributed by atoms with Crippen LogP contribution < -0.4 is 5.32 Å². The van der Waals surface area contributed by atoms with E-state index >= 15 is 0 Å². The van der Waals surface area contributed by atoms with E-state index in [0.29, 0.717) is 97.4 Å². The van der Waals surface area contributed by atoms with E-state index in [2.05, 4.69) is 20.4 Å². The van der Waals surface area contributed by atoms with Crippen LogP contribution in [0.2, 0.25) is 10.0 Å². The number of rotatable bonds is 6. The van der Waals surface area contributed by atoms with Crippen LogP contribution in [-0.2, 0) is 16.1 Å². The predicted molar refractivity (Wildman–Crippen MR) is 140 cm³/mol. The number of carbonyl (C=O) groups is 2.